The number of rotatable bonds is 0. The van der Waals surface area contributed by atoms with E-state index in [9.17, 15) is 0 Å². The van der Waals surface area contributed by atoms with Crippen molar-refractivity contribution in [3.63, 3.8) is 0 Å². The first-order valence-corrected chi connectivity index (χ1v) is 3.38. The number of epoxide rings is 1. The van der Waals surface area contributed by atoms with Crippen molar-refractivity contribution in [2.45, 2.75) is 12.2 Å². The molecule has 2 aliphatic rings. The molecule has 2 fully saturated rings. The van der Waals surface area contributed by atoms with Crippen LogP contribution < -0.4 is 0 Å². The Morgan fingerprint density at radius 1 is 1.09 bits per heavy atom. The van der Waals surface area contributed by atoms with Crippen molar-refractivity contribution in [2.75, 3.05) is 0 Å². The van der Waals surface area contributed by atoms with Crippen molar-refractivity contribution in [1.82, 2.24) is 0 Å². The third-order valence-electron chi connectivity index (χ3n) is 1.41. The van der Waals surface area contributed by atoms with E-state index in [1.807, 2.05) is 30.3 Å². The van der Waals surface area contributed by atoms with Crippen molar-refractivity contribution >= 4 is 0 Å². The fourth-order valence-corrected chi connectivity index (χ4v) is 0.602. The smallest absolute Gasteiger partial charge is 0.439 e. The van der Waals surface area contributed by atoms with Gasteiger partial charge in [0.05, 0.1) is 0 Å². The zero-order valence-corrected chi connectivity index (χ0v) is 10.2. The molecule has 1 aromatic rings. The van der Waals surface area contributed by atoms with Gasteiger partial charge >= 0.3 is 31.1 Å². The fraction of sp³-hybridized carbons (Fsp3) is 0.222. The zero-order valence-electron chi connectivity index (χ0n) is 6.03. The summed E-state index contributed by atoms with van der Waals surface area (Å²) in [6, 6.07) is 12.5. The van der Waals surface area contributed by atoms with E-state index in [0.29, 0.717) is 12.2 Å². The van der Waals surface area contributed by atoms with E-state index >= 15 is 0 Å². The molecule has 11 heavy (non-hydrogen) atoms. The summed E-state index contributed by atoms with van der Waals surface area (Å²) in [4.78, 5) is 0. The van der Waals surface area contributed by atoms with Gasteiger partial charge in [0.25, 0.3) is 0 Å². The van der Waals surface area contributed by atoms with Gasteiger partial charge in [-0.3, -0.25) is 6.42 Å². The Balaban J connectivity index is 0.000000105. The van der Waals surface area contributed by atoms with E-state index in [1.54, 1.807) is 0 Å². The summed E-state index contributed by atoms with van der Waals surface area (Å²) in [5.41, 5.74) is 0. The molecule has 54 valence electrons. The molecule has 1 nitrogen and oxygen atoms in total. The summed E-state index contributed by atoms with van der Waals surface area (Å²) in [5, 5.41) is 0. The number of fused-ring (bicyclic) bond motifs is 1. The summed E-state index contributed by atoms with van der Waals surface area (Å²) in [7, 11) is 0. The van der Waals surface area contributed by atoms with Crippen molar-refractivity contribution in [2.24, 2.45) is 0 Å². The molecule has 0 radical (unpaired) electrons. The van der Waals surface area contributed by atoms with Gasteiger partial charge < -0.3 is 4.74 Å². The molecule has 2 atom stereocenters. The second-order valence-electron chi connectivity index (χ2n) is 2.34. The van der Waals surface area contributed by atoms with Crippen molar-refractivity contribution in [3.8, 4) is 0 Å². The molecular weight excluding hydrogens is 362 g/mol. The maximum absolute atomic E-state index is 4.75. The van der Waals surface area contributed by atoms with Gasteiger partial charge in [0.1, 0.15) is 0 Å². The molecule has 1 heterocycles. The minimum absolute atomic E-state index is 0. The van der Waals surface area contributed by atoms with Crippen molar-refractivity contribution in [3.05, 3.63) is 42.8 Å². The second-order valence-corrected chi connectivity index (χ2v) is 2.34. The summed E-state index contributed by atoms with van der Waals surface area (Å²) in [6.07, 6.45) is 3.42. The van der Waals surface area contributed by atoms with Gasteiger partial charge in [-0.15, -0.1) is 0 Å². The minimum atomic E-state index is 0. The van der Waals surface area contributed by atoms with Crippen LogP contribution in [0.1, 0.15) is 0 Å². The first-order chi connectivity index (χ1) is 4.97. The van der Waals surface area contributed by atoms with E-state index in [0.717, 1.165) is 0 Å². The predicted octanol–water partition coefficient (Wildman–Crippen LogP) is 1.46. The third kappa shape index (κ3) is 3.42. The zero-order chi connectivity index (χ0) is 6.81. The van der Waals surface area contributed by atoms with E-state index in [2.05, 4.69) is 12.5 Å². The average Bonchev–Trinajstić information content (AvgIpc) is 2.77. The molecule has 1 aromatic carbocycles. The van der Waals surface area contributed by atoms with Gasteiger partial charge in [-0.2, -0.15) is 36.4 Å². The molecular formula is C9H8OU. The van der Waals surface area contributed by atoms with E-state index < -0.39 is 0 Å². The molecule has 1 saturated heterocycles. The third-order valence-corrected chi connectivity index (χ3v) is 1.41. The first kappa shape index (κ1) is 9.32. The average molecular weight is 370 g/mol. The van der Waals surface area contributed by atoms with Gasteiger partial charge in [-0.1, -0.05) is 12.2 Å². The largest absolute Gasteiger partial charge is 2.00 e. The Morgan fingerprint density at radius 3 is 1.64 bits per heavy atom. The van der Waals surface area contributed by atoms with Crippen LogP contribution in [0.15, 0.2) is 30.3 Å². The Labute approximate surface area is 90.5 Å². The van der Waals surface area contributed by atoms with Gasteiger partial charge in [-0.05, 0) is 0 Å². The van der Waals surface area contributed by atoms with Gasteiger partial charge in [0, 0.05) is 0 Å². The van der Waals surface area contributed by atoms with Crippen LogP contribution >= 0.6 is 0 Å². The van der Waals surface area contributed by atoms with E-state index in [1.165, 1.54) is 0 Å². The molecule has 1 saturated carbocycles. The van der Waals surface area contributed by atoms with Crippen LogP contribution in [0.25, 0.3) is 0 Å². The molecule has 3 rings (SSSR count). The molecule has 1 aliphatic heterocycles. The Hall–Kier alpha value is 0.232. The molecule has 2 heteroatoms. The normalized spacial score (nSPS) is 28.4. The van der Waals surface area contributed by atoms with Gasteiger partial charge in [-0.25, -0.2) is 0 Å². The molecule has 2 unspecified atom stereocenters. The molecule has 0 amide bonds. The van der Waals surface area contributed by atoms with Crippen LogP contribution in [0.5, 0.6) is 0 Å². The molecule has 0 bridgehead atoms. The van der Waals surface area contributed by atoms with E-state index in [-0.39, 0.29) is 31.1 Å². The summed E-state index contributed by atoms with van der Waals surface area (Å²) in [6.45, 7) is 0. The van der Waals surface area contributed by atoms with Crippen LogP contribution in [0.3, 0.4) is 0 Å². The van der Waals surface area contributed by atoms with Crippen LogP contribution in [0, 0.1) is 43.6 Å². The SMILES string of the molecule is [CH-]1C2OC12.[U+2].[c-]1ccccc1. The number of hydrogen-bond donors (Lipinski definition) is 0. The second kappa shape index (κ2) is 4.31. The van der Waals surface area contributed by atoms with Gasteiger partial charge in [0.15, 0.2) is 0 Å². The maximum Gasteiger partial charge on any atom is 2.00 e. The van der Waals surface area contributed by atoms with Crippen LogP contribution in [0.2, 0.25) is 0 Å². The van der Waals surface area contributed by atoms with Gasteiger partial charge in [0.2, 0.25) is 0 Å². The molecule has 0 aromatic heterocycles. The number of hydrogen-bond acceptors (Lipinski definition) is 1. The topological polar surface area (TPSA) is 12.5 Å². The van der Waals surface area contributed by atoms with Crippen LogP contribution in [-0.4, -0.2) is 12.2 Å². The van der Waals surface area contributed by atoms with E-state index in [4.69, 9.17) is 4.74 Å². The summed E-state index contributed by atoms with van der Waals surface area (Å²) < 4.78 is 4.75. The van der Waals surface area contributed by atoms with Crippen LogP contribution in [-0.2, 0) is 4.74 Å². The Morgan fingerprint density at radius 2 is 1.55 bits per heavy atom. The standard InChI is InChI=1S/C6H5.C3H3O.U/c1-2-4-6-5-3-1;1-2-3(1)4-2;/h1-5H;1-3H;/q2*-1;+2. The monoisotopic (exact) mass is 370 g/mol. The quantitative estimate of drug-likeness (QED) is 0.498. The predicted molar refractivity (Wildman–Crippen MR) is 38.2 cm³/mol. The summed E-state index contributed by atoms with van der Waals surface area (Å²) >= 11 is 0. The van der Waals surface area contributed by atoms with Crippen LogP contribution in [0.4, 0.5) is 0 Å². The number of ether oxygens (including phenoxy) is 1. The first-order valence-electron chi connectivity index (χ1n) is 3.38. The van der Waals surface area contributed by atoms with Crippen molar-refractivity contribution in [1.29, 1.82) is 0 Å². The Kier molecular flexibility index (Phi) is 3.65. The fourth-order valence-electron chi connectivity index (χ4n) is 0.602. The number of benzene rings is 1. The molecule has 0 N–H and O–H groups in total. The molecule has 0 spiro atoms. The molecule has 1 aliphatic carbocycles. The maximum atomic E-state index is 4.75. The van der Waals surface area contributed by atoms with Crippen molar-refractivity contribution < 1.29 is 35.9 Å². The Bertz CT molecular complexity index is 161. The summed E-state index contributed by atoms with van der Waals surface area (Å²) in [5.74, 6) is 0. The minimum Gasteiger partial charge on any atom is -0.439 e.